The molecule has 0 aromatic heterocycles. The SMILES string of the molecule is Cc1ccc(C(N)COC(C)CC(C)C)cc1. The van der Waals surface area contributed by atoms with Gasteiger partial charge in [0.15, 0.2) is 0 Å². The van der Waals surface area contributed by atoms with E-state index in [2.05, 4.69) is 52.0 Å². The Bertz CT molecular complexity index is 318. The highest BCUT2D eigenvalue weighted by molar-refractivity contribution is 5.23. The molecule has 2 N–H and O–H groups in total. The number of hydrogen-bond donors (Lipinski definition) is 1. The molecule has 0 fully saturated rings. The molecule has 0 bridgehead atoms. The van der Waals surface area contributed by atoms with Gasteiger partial charge in [-0.3, -0.25) is 0 Å². The van der Waals surface area contributed by atoms with E-state index in [1.807, 2.05) is 0 Å². The van der Waals surface area contributed by atoms with Gasteiger partial charge in [-0.2, -0.15) is 0 Å². The van der Waals surface area contributed by atoms with Crippen LogP contribution in [0.3, 0.4) is 0 Å². The largest absolute Gasteiger partial charge is 0.377 e. The van der Waals surface area contributed by atoms with Crippen LogP contribution in [0.15, 0.2) is 24.3 Å². The quantitative estimate of drug-likeness (QED) is 0.819. The predicted octanol–water partition coefficient (Wildman–Crippen LogP) is 3.45. The molecule has 0 aliphatic heterocycles. The van der Waals surface area contributed by atoms with Crippen LogP contribution in [0.2, 0.25) is 0 Å². The minimum Gasteiger partial charge on any atom is -0.377 e. The maximum Gasteiger partial charge on any atom is 0.0662 e. The zero-order valence-corrected chi connectivity index (χ0v) is 11.4. The molecule has 1 rings (SSSR count). The van der Waals surface area contributed by atoms with Gasteiger partial charge in [-0.15, -0.1) is 0 Å². The van der Waals surface area contributed by atoms with E-state index in [4.69, 9.17) is 10.5 Å². The topological polar surface area (TPSA) is 35.2 Å². The summed E-state index contributed by atoms with van der Waals surface area (Å²) in [5.74, 6) is 0.667. The summed E-state index contributed by atoms with van der Waals surface area (Å²) < 4.78 is 5.77. The number of ether oxygens (including phenoxy) is 1. The van der Waals surface area contributed by atoms with Crippen molar-refractivity contribution in [1.82, 2.24) is 0 Å². The molecule has 0 saturated heterocycles. The van der Waals surface area contributed by atoms with Crippen LogP contribution >= 0.6 is 0 Å². The van der Waals surface area contributed by atoms with Crippen LogP contribution < -0.4 is 5.73 Å². The molecule has 2 unspecified atom stereocenters. The van der Waals surface area contributed by atoms with Crippen molar-refractivity contribution in [2.45, 2.75) is 46.3 Å². The Balaban J connectivity index is 2.39. The summed E-state index contributed by atoms with van der Waals surface area (Å²) >= 11 is 0. The van der Waals surface area contributed by atoms with Crippen LogP contribution in [0, 0.1) is 12.8 Å². The molecule has 2 atom stereocenters. The molecule has 17 heavy (non-hydrogen) atoms. The number of hydrogen-bond acceptors (Lipinski definition) is 2. The number of nitrogens with two attached hydrogens (primary N) is 1. The van der Waals surface area contributed by atoms with Crippen molar-refractivity contribution in [1.29, 1.82) is 0 Å². The lowest BCUT2D eigenvalue weighted by molar-refractivity contribution is 0.0430. The van der Waals surface area contributed by atoms with E-state index in [1.54, 1.807) is 0 Å². The lowest BCUT2D eigenvalue weighted by atomic mass is 10.1. The van der Waals surface area contributed by atoms with Crippen molar-refractivity contribution in [3.05, 3.63) is 35.4 Å². The zero-order chi connectivity index (χ0) is 12.8. The second-order valence-electron chi connectivity index (χ2n) is 5.29. The zero-order valence-electron chi connectivity index (χ0n) is 11.4. The van der Waals surface area contributed by atoms with Crippen LogP contribution in [0.5, 0.6) is 0 Å². The molecular formula is C15H25NO. The minimum atomic E-state index is -0.0230. The fourth-order valence-electron chi connectivity index (χ4n) is 1.91. The van der Waals surface area contributed by atoms with Gasteiger partial charge in [-0.1, -0.05) is 43.7 Å². The number of rotatable bonds is 6. The van der Waals surface area contributed by atoms with E-state index in [9.17, 15) is 0 Å². The van der Waals surface area contributed by atoms with Crippen LogP contribution in [0.4, 0.5) is 0 Å². The fourth-order valence-corrected chi connectivity index (χ4v) is 1.91. The summed E-state index contributed by atoms with van der Waals surface area (Å²) in [5.41, 5.74) is 8.50. The molecule has 0 spiro atoms. The van der Waals surface area contributed by atoms with Crippen LogP contribution in [-0.2, 0) is 4.74 Å². The molecule has 0 saturated carbocycles. The van der Waals surface area contributed by atoms with E-state index >= 15 is 0 Å². The average molecular weight is 235 g/mol. The summed E-state index contributed by atoms with van der Waals surface area (Å²) in [6.45, 7) is 9.20. The van der Waals surface area contributed by atoms with E-state index in [0.717, 1.165) is 12.0 Å². The van der Waals surface area contributed by atoms with E-state index in [1.165, 1.54) is 5.56 Å². The molecular weight excluding hydrogens is 210 g/mol. The molecule has 2 heteroatoms. The second-order valence-corrected chi connectivity index (χ2v) is 5.29. The van der Waals surface area contributed by atoms with Gasteiger partial charge in [0.1, 0.15) is 0 Å². The van der Waals surface area contributed by atoms with Gasteiger partial charge in [-0.05, 0) is 31.7 Å². The summed E-state index contributed by atoms with van der Waals surface area (Å²) in [5, 5.41) is 0. The van der Waals surface area contributed by atoms with Crippen molar-refractivity contribution in [3.8, 4) is 0 Å². The van der Waals surface area contributed by atoms with E-state index in [-0.39, 0.29) is 12.1 Å². The lowest BCUT2D eigenvalue weighted by Gasteiger charge is -2.18. The smallest absolute Gasteiger partial charge is 0.0662 e. The molecule has 0 heterocycles. The Labute approximate surface area is 105 Å². The van der Waals surface area contributed by atoms with Gasteiger partial charge in [-0.25, -0.2) is 0 Å². The van der Waals surface area contributed by atoms with Crippen molar-refractivity contribution >= 4 is 0 Å². The maximum atomic E-state index is 6.10. The van der Waals surface area contributed by atoms with Crippen LogP contribution in [-0.4, -0.2) is 12.7 Å². The Hall–Kier alpha value is -0.860. The van der Waals surface area contributed by atoms with Gasteiger partial charge in [0.2, 0.25) is 0 Å². The minimum absolute atomic E-state index is 0.0230. The summed E-state index contributed by atoms with van der Waals surface area (Å²) in [7, 11) is 0. The van der Waals surface area contributed by atoms with Crippen molar-refractivity contribution in [2.24, 2.45) is 11.7 Å². The summed E-state index contributed by atoms with van der Waals surface area (Å²) in [4.78, 5) is 0. The van der Waals surface area contributed by atoms with Gasteiger partial charge in [0.25, 0.3) is 0 Å². The second kappa shape index (κ2) is 6.77. The summed E-state index contributed by atoms with van der Waals surface area (Å²) in [6.07, 6.45) is 1.37. The molecule has 0 aliphatic rings. The lowest BCUT2D eigenvalue weighted by Crippen LogP contribution is -2.21. The molecule has 2 nitrogen and oxygen atoms in total. The van der Waals surface area contributed by atoms with Gasteiger partial charge in [0.05, 0.1) is 18.8 Å². The van der Waals surface area contributed by atoms with Gasteiger partial charge in [0, 0.05) is 0 Å². The highest BCUT2D eigenvalue weighted by Gasteiger charge is 2.10. The van der Waals surface area contributed by atoms with Crippen molar-refractivity contribution < 1.29 is 4.74 Å². The molecule has 0 aliphatic carbocycles. The Kier molecular flexibility index (Phi) is 5.66. The van der Waals surface area contributed by atoms with Gasteiger partial charge >= 0.3 is 0 Å². The third-order valence-corrected chi connectivity index (χ3v) is 2.87. The molecule has 0 radical (unpaired) electrons. The number of benzene rings is 1. The van der Waals surface area contributed by atoms with E-state index in [0.29, 0.717) is 12.5 Å². The fraction of sp³-hybridized carbons (Fsp3) is 0.600. The molecule has 0 amide bonds. The highest BCUT2D eigenvalue weighted by Crippen LogP contribution is 2.14. The molecule has 96 valence electrons. The first-order valence-corrected chi connectivity index (χ1v) is 6.42. The first-order chi connectivity index (χ1) is 7.99. The average Bonchev–Trinajstić information content (AvgIpc) is 2.26. The van der Waals surface area contributed by atoms with E-state index < -0.39 is 0 Å². The van der Waals surface area contributed by atoms with Gasteiger partial charge < -0.3 is 10.5 Å². The monoisotopic (exact) mass is 235 g/mol. The van der Waals surface area contributed by atoms with Crippen molar-refractivity contribution in [3.63, 3.8) is 0 Å². The van der Waals surface area contributed by atoms with Crippen LogP contribution in [0.25, 0.3) is 0 Å². The predicted molar refractivity (Wildman–Crippen MR) is 73.0 cm³/mol. The summed E-state index contributed by atoms with van der Waals surface area (Å²) in [6, 6.07) is 8.32. The number of aryl methyl sites for hydroxylation is 1. The molecule has 1 aromatic rings. The van der Waals surface area contributed by atoms with Crippen molar-refractivity contribution in [2.75, 3.05) is 6.61 Å². The first kappa shape index (κ1) is 14.2. The Morgan fingerprint density at radius 3 is 2.24 bits per heavy atom. The van der Waals surface area contributed by atoms with Crippen LogP contribution in [0.1, 0.15) is 44.4 Å². The first-order valence-electron chi connectivity index (χ1n) is 6.42. The highest BCUT2D eigenvalue weighted by atomic mass is 16.5. The molecule has 1 aromatic carbocycles. The Morgan fingerprint density at radius 2 is 1.71 bits per heavy atom. The Morgan fingerprint density at radius 1 is 1.12 bits per heavy atom. The maximum absolute atomic E-state index is 6.10. The third kappa shape index (κ3) is 5.33. The standard InChI is InChI=1S/C15H25NO/c1-11(2)9-13(4)17-10-15(16)14-7-5-12(3)6-8-14/h5-8,11,13,15H,9-10,16H2,1-4H3. The third-order valence-electron chi connectivity index (χ3n) is 2.87. The normalized spacial score (nSPS) is 14.9.